The summed E-state index contributed by atoms with van der Waals surface area (Å²) in [4.78, 5) is 31.6. The van der Waals surface area contributed by atoms with Gasteiger partial charge >= 0.3 is 5.97 Å². The van der Waals surface area contributed by atoms with E-state index < -0.39 is 17.3 Å². The van der Waals surface area contributed by atoms with Crippen LogP contribution in [0.3, 0.4) is 0 Å². The number of pyridine rings is 1. The number of nitrogens with zero attached hydrogens (tertiary/aromatic N) is 2. The first-order valence-corrected chi connectivity index (χ1v) is 5.50. The van der Waals surface area contributed by atoms with Crippen molar-refractivity contribution < 1.29 is 14.3 Å². The zero-order chi connectivity index (χ0) is 13.1. The van der Waals surface area contributed by atoms with Gasteiger partial charge in [-0.15, -0.1) is 0 Å². The van der Waals surface area contributed by atoms with Crippen molar-refractivity contribution in [1.29, 1.82) is 0 Å². The second-order valence-electron chi connectivity index (χ2n) is 3.12. The molecule has 8 heteroatoms. The van der Waals surface area contributed by atoms with E-state index in [1.165, 1.54) is 18.5 Å². The number of hydrogen-bond donors (Lipinski definition) is 2. The summed E-state index contributed by atoms with van der Waals surface area (Å²) in [5.41, 5.74) is -0.868. The summed E-state index contributed by atoms with van der Waals surface area (Å²) in [7, 11) is 0. The van der Waals surface area contributed by atoms with Crippen LogP contribution in [0.2, 0.25) is 0 Å². The number of rotatable bonds is 3. The molecular weight excluding hydrogens is 261 g/mol. The molecule has 0 aromatic carbocycles. The normalized spacial score (nSPS) is 10.3. The fourth-order valence-electron chi connectivity index (χ4n) is 1.16. The van der Waals surface area contributed by atoms with Crippen LogP contribution in [0.4, 0.5) is 4.39 Å². The molecule has 0 aliphatic carbocycles. The van der Waals surface area contributed by atoms with Gasteiger partial charge in [-0.2, -0.15) is 0 Å². The van der Waals surface area contributed by atoms with Crippen LogP contribution >= 0.6 is 11.8 Å². The Hall–Kier alpha value is -2.22. The van der Waals surface area contributed by atoms with Gasteiger partial charge in [0, 0.05) is 18.5 Å². The van der Waals surface area contributed by atoms with Crippen molar-refractivity contribution >= 4 is 17.7 Å². The van der Waals surface area contributed by atoms with Gasteiger partial charge in [-0.3, -0.25) is 4.79 Å². The Kier molecular flexibility index (Phi) is 3.38. The van der Waals surface area contributed by atoms with Crippen molar-refractivity contribution in [2.24, 2.45) is 0 Å². The van der Waals surface area contributed by atoms with E-state index in [0.29, 0.717) is 0 Å². The molecule has 0 saturated heterocycles. The topological polar surface area (TPSA) is 95.9 Å². The van der Waals surface area contributed by atoms with E-state index in [9.17, 15) is 14.0 Å². The SMILES string of the molecule is O=C(O)c1ccnc(Sc2nccc(=O)[nH]2)c1F. The Balaban J connectivity index is 2.38. The van der Waals surface area contributed by atoms with Crippen LogP contribution in [-0.4, -0.2) is 26.0 Å². The lowest BCUT2D eigenvalue weighted by atomic mass is 10.3. The van der Waals surface area contributed by atoms with E-state index in [4.69, 9.17) is 5.11 Å². The number of carboxylic acid groups (broad SMARTS) is 1. The highest BCUT2D eigenvalue weighted by molar-refractivity contribution is 7.99. The van der Waals surface area contributed by atoms with E-state index in [0.717, 1.165) is 17.8 Å². The second-order valence-corrected chi connectivity index (χ2v) is 4.10. The van der Waals surface area contributed by atoms with Gasteiger partial charge < -0.3 is 10.1 Å². The molecule has 6 nitrogen and oxygen atoms in total. The number of halogens is 1. The number of H-pyrrole nitrogens is 1. The molecule has 2 rings (SSSR count). The van der Waals surface area contributed by atoms with Crippen molar-refractivity contribution in [1.82, 2.24) is 15.0 Å². The molecule has 18 heavy (non-hydrogen) atoms. The number of aromatic nitrogens is 3. The maximum absolute atomic E-state index is 13.7. The smallest absolute Gasteiger partial charge is 0.338 e. The molecule has 2 heterocycles. The third kappa shape index (κ3) is 2.54. The van der Waals surface area contributed by atoms with E-state index in [-0.39, 0.29) is 15.7 Å². The number of aromatic carboxylic acids is 1. The summed E-state index contributed by atoms with van der Waals surface area (Å²) in [6, 6.07) is 2.27. The second kappa shape index (κ2) is 4.96. The molecule has 0 fully saturated rings. The zero-order valence-electron chi connectivity index (χ0n) is 8.75. The summed E-state index contributed by atoms with van der Waals surface area (Å²) in [6.45, 7) is 0. The third-order valence-electron chi connectivity index (χ3n) is 1.93. The number of aromatic amines is 1. The molecule has 92 valence electrons. The lowest BCUT2D eigenvalue weighted by molar-refractivity contribution is 0.0691. The van der Waals surface area contributed by atoms with Gasteiger partial charge in [0.2, 0.25) is 0 Å². The highest BCUT2D eigenvalue weighted by Gasteiger charge is 2.16. The molecule has 2 aromatic heterocycles. The van der Waals surface area contributed by atoms with Gasteiger partial charge in [-0.05, 0) is 17.8 Å². The van der Waals surface area contributed by atoms with Gasteiger partial charge in [0.1, 0.15) is 5.03 Å². The minimum Gasteiger partial charge on any atom is -0.478 e. The van der Waals surface area contributed by atoms with E-state index in [1.54, 1.807) is 0 Å². The van der Waals surface area contributed by atoms with Gasteiger partial charge in [0.05, 0.1) is 5.56 Å². The summed E-state index contributed by atoms with van der Waals surface area (Å²) in [5.74, 6) is -2.34. The zero-order valence-corrected chi connectivity index (χ0v) is 9.57. The first-order chi connectivity index (χ1) is 8.58. The van der Waals surface area contributed by atoms with E-state index in [1.807, 2.05) is 0 Å². The summed E-state index contributed by atoms with van der Waals surface area (Å²) < 4.78 is 13.7. The fourth-order valence-corrected chi connectivity index (χ4v) is 1.92. The quantitative estimate of drug-likeness (QED) is 0.810. The Morgan fingerprint density at radius 1 is 1.33 bits per heavy atom. The standard InChI is InChI=1S/C10H6FN3O3S/c11-7-5(9(16)17)1-3-12-8(7)18-10-13-4-2-6(15)14-10/h1-4H,(H,16,17)(H,13,14,15). The van der Waals surface area contributed by atoms with Crippen molar-refractivity contribution in [3.8, 4) is 0 Å². The minimum absolute atomic E-state index is 0.136. The molecule has 0 bridgehead atoms. The Morgan fingerprint density at radius 2 is 2.06 bits per heavy atom. The largest absolute Gasteiger partial charge is 0.478 e. The Bertz CT molecular complexity index is 659. The van der Waals surface area contributed by atoms with Crippen LogP contribution < -0.4 is 5.56 Å². The van der Waals surface area contributed by atoms with Gasteiger partial charge in [0.25, 0.3) is 5.56 Å². The lowest BCUT2D eigenvalue weighted by Gasteiger charge is -2.03. The maximum Gasteiger partial charge on any atom is 0.338 e. The summed E-state index contributed by atoms with van der Waals surface area (Å²) in [5, 5.41) is 8.72. The van der Waals surface area contributed by atoms with Gasteiger partial charge in [0.15, 0.2) is 11.0 Å². The Labute approximate surface area is 104 Å². The van der Waals surface area contributed by atoms with E-state index in [2.05, 4.69) is 15.0 Å². The number of hydrogen-bond acceptors (Lipinski definition) is 5. The molecule has 2 N–H and O–H groups in total. The molecule has 0 unspecified atom stereocenters. The fraction of sp³-hybridized carbons (Fsp3) is 0. The van der Waals surface area contributed by atoms with Crippen LogP contribution in [0.1, 0.15) is 10.4 Å². The van der Waals surface area contributed by atoms with Gasteiger partial charge in [-0.1, -0.05) is 0 Å². The van der Waals surface area contributed by atoms with Crippen molar-refractivity contribution in [2.75, 3.05) is 0 Å². The average molecular weight is 267 g/mol. The monoisotopic (exact) mass is 267 g/mol. The highest BCUT2D eigenvalue weighted by Crippen LogP contribution is 2.25. The molecule has 0 aliphatic rings. The summed E-state index contributed by atoms with van der Waals surface area (Å²) in [6.07, 6.45) is 2.44. The maximum atomic E-state index is 13.7. The first-order valence-electron chi connectivity index (χ1n) is 4.69. The minimum atomic E-state index is -1.38. The molecule has 0 spiro atoms. The average Bonchev–Trinajstić information content (AvgIpc) is 2.31. The first kappa shape index (κ1) is 12.2. The van der Waals surface area contributed by atoms with Crippen LogP contribution in [0, 0.1) is 5.82 Å². The number of carbonyl (C=O) groups is 1. The lowest BCUT2D eigenvalue weighted by Crippen LogP contribution is -2.06. The van der Waals surface area contributed by atoms with Crippen LogP contribution in [0.25, 0.3) is 0 Å². The highest BCUT2D eigenvalue weighted by atomic mass is 32.2. The predicted octanol–water partition coefficient (Wildman–Crippen LogP) is 1.15. The molecule has 0 amide bonds. The van der Waals surface area contributed by atoms with Crippen LogP contribution in [-0.2, 0) is 0 Å². The molecule has 0 saturated carbocycles. The molecule has 2 aromatic rings. The van der Waals surface area contributed by atoms with Crippen molar-refractivity contribution in [3.63, 3.8) is 0 Å². The molecule has 0 aliphatic heterocycles. The van der Waals surface area contributed by atoms with Crippen LogP contribution in [0.15, 0.2) is 39.5 Å². The van der Waals surface area contributed by atoms with Crippen molar-refractivity contribution in [3.05, 3.63) is 46.3 Å². The Morgan fingerprint density at radius 3 is 2.72 bits per heavy atom. The molecular formula is C10H6FN3O3S. The number of carboxylic acids is 1. The van der Waals surface area contributed by atoms with Crippen molar-refractivity contribution in [2.45, 2.75) is 10.2 Å². The summed E-state index contributed by atoms with van der Waals surface area (Å²) >= 11 is 0.744. The van der Waals surface area contributed by atoms with E-state index >= 15 is 0 Å². The predicted molar refractivity (Wildman–Crippen MR) is 60.1 cm³/mol. The molecule has 0 atom stereocenters. The third-order valence-corrected chi connectivity index (χ3v) is 2.81. The molecule has 0 radical (unpaired) electrons. The van der Waals surface area contributed by atoms with Gasteiger partial charge in [-0.25, -0.2) is 19.2 Å². The number of nitrogens with one attached hydrogen (secondary N) is 1. The van der Waals surface area contributed by atoms with Crippen LogP contribution in [0.5, 0.6) is 0 Å².